The molecule has 0 aliphatic carbocycles. The zero-order valence-corrected chi connectivity index (χ0v) is 14.0. The maximum absolute atomic E-state index is 12.4. The molecule has 0 saturated carbocycles. The molecule has 1 saturated heterocycles. The van der Waals surface area contributed by atoms with Gasteiger partial charge in [0.2, 0.25) is 15.9 Å². The number of piperidine rings is 1. The number of sulfonamides is 1. The van der Waals surface area contributed by atoms with Crippen molar-refractivity contribution in [1.29, 1.82) is 0 Å². The summed E-state index contributed by atoms with van der Waals surface area (Å²) >= 11 is 5.76. The van der Waals surface area contributed by atoms with E-state index >= 15 is 0 Å². The molecular weight excluding hydrogens is 326 g/mol. The molecule has 1 aromatic carbocycles. The maximum Gasteiger partial charge on any atom is 0.243 e. The molecule has 0 spiro atoms. The number of benzene rings is 1. The minimum atomic E-state index is -3.71. The SMILES string of the molecule is CN(CC(=O)N1CCCC(N)C1)S(=O)(=O)c1ccc(Cl)cc1. The quantitative estimate of drug-likeness (QED) is 0.879. The van der Waals surface area contributed by atoms with Crippen molar-refractivity contribution < 1.29 is 13.2 Å². The molecule has 1 aliphatic rings. The van der Waals surface area contributed by atoms with E-state index in [1.165, 1.54) is 31.3 Å². The summed E-state index contributed by atoms with van der Waals surface area (Å²) in [4.78, 5) is 14.0. The van der Waals surface area contributed by atoms with E-state index in [0.717, 1.165) is 17.1 Å². The maximum atomic E-state index is 12.4. The van der Waals surface area contributed by atoms with Crippen molar-refractivity contribution in [3.05, 3.63) is 29.3 Å². The van der Waals surface area contributed by atoms with Crippen LogP contribution in [0.4, 0.5) is 0 Å². The van der Waals surface area contributed by atoms with E-state index in [1.807, 2.05) is 0 Å². The third-order valence-corrected chi connectivity index (χ3v) is 5.76. The van der Waals surface area contributed by atoms with Gasteiger partial charge in [0, 0.05) is 31.2 Å². The number of rotatable bonds is 4. The summed E-state index contributed by atoms with van der Waals surface area (Å²) in [6.07, 6.45) is 1.74. The van der Waals surface area contributed by atoms with Crippen LogP contribution in [0.5, 0.6) is 0 Å². The van der Waals surface area contributed by atoms with Crippen LogP contribution in [0.3, 0.4) is 0 Å². The number of nitrogens with zero attached hydrogens (tertiary/aromatic N) is 2. The third kappa shape index (κ3) is 3.98. The fourth-order valence-corrected chi connectivity index (χ4v) is 3.64. The average molecular weight is 346 g/mol. The molecule has 0 radical (unpaired) electrons. The van der Waals surface area contributed by atoms with Crippen molar-refractivity contribution in [3.8, 4) is 0 Å². The number of likely N-dealkylation sites (tertiary alicyclic amines) is 1. The molecule has 2 N–H and O–H groups in total. The standard InChI is InChI=1S/C14H20ClN3O3S/c1-17(10-14(19)18-8-2-3-12(16)9-18)22(20,21)13-6-4-11(15)5-7-13/h4-7,12H,2-3,8-10,16H2,1H3. The number of halogens is 1. The van der Waals surface area contributed by atoms with Crippen LogP contribution >= 0.6 is 11.6 Å². The van der Waals surface area contributed by atoms with E-state index in [1.54, 1.807) is 4.90 Å². The summed E-state index contributed by atoms with van der Waals surface area (Å²) in [5.41, 5.74) is 5.85. The first-order valence-corrected chi connectivity index (χ1v) is 8.88. The van der Waals surface area contributed by atoms with Gasteiger partial charge in [-0.15, -0.1) is 0 Å². The molecule has 1 atom stereocenters. The van der Waals surface area contributed by atoms with Gasteiger partial charge in [-0.2, -0.15) is 4.31 Å². The van der Waals surface area contributed by atoms with Gasteiger partial charge >= 0.3 is 0 Å². The Hall–Kier alpha value is -1.15. The number of nitrogens with two attached hydrogens (primary N) is 1. The molecule has 0 bridgehead atoms. The van der Waals surface area contributed by atoms with Crippen molar-refractivity contribution in [3.63, 3.8) is 0 Å². The number of carbonyl (C=O) groups excluding carboxylic acids is 1. The molecule has 0 aromatic heterocycles. The van der Waals surface area contributed by atoms with Crippen molar-refractivity contribution in [2.45, 2.75) is 23.8 Å². The van der Waals surface area contributed by atoms with E-state index in [0.29, 0.717) is 18.1 Å². The third-order valence-electron chi connectivity index (χ3n) is 3.69. The van der Waals surface area contributed by atoms with Gasteiger partial charge < -0.3 is 10.6 Å². The molecule has 2 rings (SSSR count). The number of carbonyl (C=O) groups is 1. The van der Waals surface area contributed by atoms with Crippen LogP contribution in [0.2, 0.25) is 5.02 Å². The zero-order valence-electron chi connectivity index (χ0n) is 12.4. The summed E-state index contributed by atoms with van der Waals surface area (Å²) in [6, 6.07) is 5.84. The highest BCUT2D eigenvalue weighted by molar-refractivity contribution is 7.89. The summed E-state index contributed by atoms with van der Waals surface area (Å²) in [5.74, 6) is -0.227. The van der Waals surface area contributed by atoms with Gasteiger partial charge in [-0.25, -0.2) is 8.42 Å². The topological polar surface area (TPSA) is 83.7 Å². The summed E-state index contributed by atoms with van der Waals surface area (Å²) < 4.78 is 25.9. The summed E-state index contributed by atoms with van der Waals surface area (Å²) in [7, 11) is -2.31. The van der Waals surface area contributed by atoms with Crippen LogP contribution in [-0.2, 0) is 14.8 Å². The van der Waals surface area contributed by atoms with Gasteiger partial charge in [0.1, 0.15) is 0 Å². The number of likely N-dealkylation sites (N-methyl/N-ethyl adjacent to an activating group) is 1. The highest BCUT2D eigenvalue weighted by atomic mass is 35.5. The first-order valence-electron chi connectivity index (χ1n) is 7.06. The number of hydrogen-bond donors (Lipinski definition) is 1. The normalized spacial score (nSPS) is 19.5. The van der Waals surface area contributed by atoms with E-state index < -0.39 is 10.0 Å². The lowest BCUT2D eigenvalue weighted by molar-refractivity contribution is -0.132. The Labute approximate surface area is 135 Å². The molecule has 1 unspecified atom stereocenters. The second-order valence-corrected chi connectivity index (χ2v) is 7.94. The van der Waals surface area contributed by atoms with Gasteiger partial charge in [-0.3, -0.25) is 4.79 Å². The second-order valence-electron chi connectivity index (χ2n) is 5.46. The Morgan fingerprint density at radius 3 is 2.64 bits per heavy atom. The van der Waals surface area contributed by atoms with E-state index in [9.17, 15) is 13.2 Å². The van der Waals surface area contributed by atoms with Crippen LogP contribution in [0.1, 0.15) is 12.8 Å². The predicted molar refractivity (Wildman–Crippen MR) is 85.1 cm³/mol. The fraction of sp³-hybridized carbons (Fsp3) is 0.500. The average Bonchev–Trinajstić information content (AvgIpc) is 2.47. The van der Waals surface area contributed by atoms with Gasteiger partial charge in [-0.1, -0.05) is 11.6 Å². The first kappa shape index (κ1) is 17.2. The molecule has 1 amide bonds. The van der Waals surface area contributed by atoms with E-state index in [4.69, 9.17) is 17.3 Å². The second kappa shape index (κ2) is 6.95. The highest BCUT2D eigenvalue weighted by Crippen LogP contribution is 2.18. The van der Waals surface area contributed by atoms with Crippen molar-refractivity contribution in [2.24, 2.45) is 5.73 Å². The van der Waals surface area contributed by atoms with E-state index in [2.05, 4.69) is 0 Å². The zero-order chi connectivity index (χ0) is 16.3. The van der Waals surface area contributed by atoms with Crippen molar-refractivity contribution in [1.82, 2.24) is 9.21 Å². The van der Waals surface area contributed by atoms with Crippen LogP contribution in [0.15, 0.2) is 29.2 Å². The largest absolute Gasteiger partial charge is 0.340 e. The highest BCUT2D eigenvalue weighted by Gasteiger charge is 2.27. The fourth-order valence-electron chi connectivity index (χ4n) is 2.40. The Kier molecular flexibility index (Phi) is 5.44. The monoisotopic (exact) mass is 345 g/mol. The smallest absolute Gasteiger partial charge is 0.243 e. The summed E-state index contributed by atoms with van der Waals surface area (Å²) in [5, 5.41) is 0.458. The molecule has 1 fully saturated rings. The van der Waals surface area contributed by atoms with Crippen LogP contribution in [0, 0.1) is 0 Å². The van der Waals surface area contributed by atoms with Gasteiger partial charge in [0.25, 0.3) is 0 Å². The van der Waals surface area contributed by atoms with Crippen LogP contribution in [-0.4, -0.2) is 56.3 Å². The van der Waals surface area contributed by atoms with Gasteiger partial charge in [0.15, 0.2) is 0 Å². The lowest BCUT2D eigenvalue weighted by Gasteiger charge is -2.31. The Bertz CT molecular complexity index is 633. The van der Waals surface area contributed by atoms with Gasteiger partial charge in [-0.05, 0) is 37.1 Å². The lowest BCUT2D eigenvalue weighted by Crippen LogP contribution is -2.49. The van der Waals surface area contributed by atoms with Crippen molar-refractivity contribution >= 4 is 27.5 Å². The summed E-state index contributed by atoms with van der Waals surface area (Å²) in [6.45, 7) is 0.909. The van der Waals surface area contributed by atoms with Crippen molar-refractivity contribution in [2.75, 3.05) is 26.7 Å². The number of amides is 1. The Morgan fingerprint density at radius 1 is 1.41 bits per heavy atom. The molecule has 6 nitrogen and oxygen atoms in total. The Morgan fingerprint density at radius 2 is 2.05 bits per heavy atom. The minimum absolute atomic E-state index is 0.0316. The molecule has 1 aromatic rings. The minimum Gasteiger partial charge on any atom is -0.340 e. The first-order chi connectivity index (χ1) is 10.3. The van der Waals surface area contributed by atoms with Crippen LogP contribution in [0.25, 0.3) is 0 Å². The lowest BCUT2D eigenvalue weighted by atomic mass is 10.1. The predicted octanol–water partition coefficient (Wildman–Crippen LogP) is 0.910. The van der Waals surface area contributed by atoms with E-state index in [-0.39, 0.29) is 23.4 Å². The molecular formula is C14H20ClN3O3S. The molecule has 22 heavy (non-hydrogen) atoms. The van der Waals surface area contributed by atoms with Crippen LogP contribution < -0.4 is 5.73 Å². The molecule has 1 aliphatic heterocycles. The molecule has 8 heteroatoms. The number of hydrogen-bond acceptors (Lipinski definition) is 4. The van der Waals surface area contributed by atoms with Gasteiger partial charge in [0.05, 0.1) is 11.4 Å². The molecule has 1 heterocycles. The molecule has 122 valence electrons. The Balaban J connectivity index is 2.05.